The summed E-state index contributed by atoms with van der Waals surface area (Å²) in [5, 5.41) is 3.36. The summed E-state index contributed by atoms with van der Waals surface area (Å²) in [6.07, 6.45) is 5.22. The number of anilines is 2. The Morgan fingerprint density at radius 3 is 2.55 bits per heavy atom. The molecule has 0 aliphatic carbocycles. The molecule has 10 heteroatoms. The van der Waals surface area contributed by atoms with E-state index in [1.165, 1.54) is 6.33 Å². The van der Waals surface area contributed by atoms with Crippen molar-refractivity contribution >= 4 is 28.3 Å². The minimum absolute atomic E-state index is 0.0831. The number of aryl methyl sites for hydroxylation is 1. The minimum Gasteiger partial charge on any atom is -0.488 e. The molecule has 0 saturated heterocycles. The molecule has 9 nitrogen and oxygen atoms in total. The second kappa shape index (κ2) is 14.2. The SMILES string of the molecule is CCNc1ccc(C(c2ccc(C)c(CN3C[C@@H](CC)Oc4ccccc4S3=O)c2)C(C)(C)N(C)C(=O)c2cncnc2)c(C)c1N. The summed E-state index contributed by atoms with van der Waals surface area (Å²) in [5.74, 6) is 0.241. The predicted molar refractivity (Wildman–Crippen MR) is 189 cm³/mol. The predicted octanol–water partition coefficient (Wildman–Crippen LogP) is 6.49. The van der Waals surface area contributed by atoms with Gasteiger partial charge in [-0.25, -0.2) is 18.5 Å². The Labute approximate surface area is 281 Å². The van der Waals surface area contributed by atoms with E-state index in [4.69, 9.17) is 10.5 Å². The van der Waals surface area contributed by atoms with E-state index in [0.29, 0.717) is 35.0 Å². The molecule has 0 radical (unpaired) electrons. The van der Waals surface area contributed by atoms with Crippen molar-refractivity contribution in [3.63, 3.8) is 0 Å². The highest BCUT2D eigenvalue weighted by molar-refractivity contribution is 7.82. The van der Waals surface area contributed by atoms with Crippen LogP contribution in [0.1, 0.15) is 78.2 Å². The lowest BCUT2D eigenvalue weighted by atomic mass is 9.73. The lowest BCUT2D eigenvalue weighted by molar-refractivity contribution is 0.0595. The minimum atomic E-state index is -1.40. The molecule has 3 aromatic carbocycles. The number of hydrogen-bond acceptors (Lipinski definition) is 7. The van der Waals surface area contributed by atoms with Crippen molar-refractivity contribution in [1.82, 2.24) is 19.2 Å². The van der Waals surface area contributed by atoms with Crippen LogP contribution in [0.25, 0.3) is 0 Å². The average Bonchev–Trinajstić information content (AvgIpc) is 3.21. The van der Waals surface area contributed by atoms with E-state index in [1.54, 1.807) is 17.3 Å². The van der Waals surface area contributed by atoms with Crippen LogP contribution in [-0.2, 0) is 17.5 Å². The summed E-state index contributed by atoms with van der Waals surface area (Å²) in [6, 6.07) is 18.2. The fourth-order valence-electron chi connectivity index (χ4n) is 6.34. The fraction of sp³-hybridized carbons (Fsp3) is 0.378. The van der Waals surface area contributed by atoms with Crippen molar-refractivity contribution in [2.24, 2.45) is 0 Å². The Hall–Kier alpha value is -4.28. The quantitative estimate of drug-likeness (QED) is 0.188. The van der Waals surface area contributed by atoms with Crippen LogP contribution in [0.4, 0.5) is 11.4 Å². The van der Waals surface area contributed by atoms with Crippen LogP contribution in [0.2, 0.25) is 0 Å². The first-order valence-corrected chi connectivity index (χ1v) is 17.3. The molecule has 0 bridgehead atoms. The highest BCUT2D eigenvalue weighted by Crippen LogP contribution is 2.43. The van der Waals surface area contributed by atoms with E-state index in [2.05, 4.69) is 67.2 Å². The van der Waals surface area contributed by atoms with Crippen molar-refractivity contribution in [2.45, 2.75) is 77.0 Å². The van der Waals surface area contributed by atoms with Crippen LogP contribution in [0, 0.1) is 13.8 Å². The second-order valence-electron chi connectivity index (χ2n) is 12.7. The van der Waals surface area contributed by atoms with Gasteiger partial charge in [0.05, 0.1) is 21.8 Å². The fourth-order valence-corrected chi connectivity index (χ4v) is 7.66. The van der Waals surface area contributed by atoms with E-state index in [-0.39, 0.29) is 17.9 Å². The van der Waals surface area contributed by atoms with Gasteiger partial charge in [-0.05, 0) is 87.1 Å². The maximum atomic E-state index is 14.0. The molecule has 0 fully saturated rings. The third-order valence-corrected chi connectivity index (χ3v) is 10.9. The maximum Gasteiger partial charge on any atom is 0.257 e. The Morgan fingerprint density at radius 1 is 1.13 bits per heavy atom. The number of nitrogens with two attached hydrogens (primary N) is 1. The van der Waals surface area contributed by atoms with Gasteiger partial charge in [-0.1, -0.05) is 43.3 Å². The first kappa shape index (κ1) is 34.1. The summed E-state index contributed by atoms with van der Waals surface area (Å²) in [5.41, 5.74) is 13.2. The summed E-state index contributed by atoms with van der Waals surface area (Å²) >= 11 is 0. The summed E-state index contributed by atoms with van der Waals surface area (Å²) < 4.78 is 22.2. The molecule has 248 valence electrons. The number of rotatable bonds is 10. The van der Waals surface area contributed by atoms with Crippen molar-refractivity contribution in [3.05, 3.63) is 107 Å². The van der Waals surface area contributed by atoms with Gasteiger partial charge >= 0.3 is 0 Å². The second-order valence-corrected chi connectivity index (χ2v) is 14.2. The van der Waals surface area contributed by atoms with Gasteiger partial charge in [0.2, 0.25) is 0 Å². The highest BCUT2D eigenvalue weighted by atomic mass is 32.2. The number of para-hydroxylation sites is 1. The zero-order chi connectivity index (χ0) is 33.9. The van der Waals surface area contributed by atoms with Crippen LogP contribution >= 0.6 is 0 Å². The lowest BCUT2D eigenvalue weighted by Gasteiger charge is -2.43. The molecule has 3 atom stereocenters. The number of amides is 1. The van der Waals surface area contributed by atoms with Crippen molar-refractivity contribution in [3.8, 4) is 5.75 Å². The van der Waals surface area contributed by atoms with Crippen LogP contribution in [0.3, 0.4) is 0 Å². The Bertz CT molecular complexity index is 1760. The molecule has 5 rings (SSSR count). The molecular formula is C37H46N6O3S. The first-order valence-electron chi connectivity index (χ1n) is 16.2. The molecule has 0 spiro atoms. The third-order valence-electron chi connectivity index (χ3n) is 9.40. The monoisotopic (exact) mass is 654 g/mol. The number of benzene rings is 3. The van der Waals surface area contributed by atoms with E-state index in [1.807, 2.05) is 55.5 Å². The number of carbonyl (C=O) groups excluding carboxylic acids is 1. The Kier molecular flexibility index (Phi) is 10.3. The molecule has 4 aromatic rings. The molecule has 0 saturated carbocycles. The Balaban J connectivity index is 1.60. The average molecular weight is 655 g/mol. The number of fused-ring (bicyclic) bond motifs is 1. The molecule has 47 heavy (non-hydrogen) atoms. The smallest absolute Gasteiger partial charge is 0.257 e. The van der Waals surface area contributed by atoms with E-state index in [0.717, 1.165) is 46.5 Å². The van der Waals surface area contributed by atoms with Crippen molar-refractivity contribution in [1.29, 1.82) is 0 Å². The number of nitrogen functional groups attached to an aromatic ring is 1. The zero-order valence-corrected chi connectivity index (χ0v) is 29.2. The van der Waals surface area contributed by atoms with Gasteiger partial charge in [0.25, 0.3) is 5.91 Å². The molecule has 2 heterocycles. The molecule has 1 amide bonds. The van der Waals surface area contributed by atoms with Gasteiger partial charge in [0, 0.05) is 50.5 Å². The van der Waals surface area contributed by atoms with Crippen LogP contribution < -0.4 is 15.8 Å². The highest BCUT2D eigenvalue weighted by Gasteiger charge is 2.40. The van der Waals surface area contributed by atoms with E-state index < -0.39 is 16.5 Å². The third kappa shape index (κ3) is 6.89. The molecular weight excluding hydrogens is 609 g/mol. The topological polar surface area (TPSA) is 114 Å². The molecule has 1 aliphatic rings. The van der Waals surface area contributed by atoms with Gasteiger partial charge in [0.15, 0.2) is 0 Å². The van der Waals surface area contributed by atoms with Crippen molar-refractivity contribution in [2.75, 3.05) is 31.2 Å². The number of ether oxygens (including phenoxy) is 1. The summed E-state index contributed by atoms with van der Waals surface area (Å²) in [7, 11) is 0.427. The van der Waals surface area contributed by atoms with Crippen LogP contribution in [0.15, 0.2) is 78.2 Å². The largest absolute Gasteiger partial charge is 0.488 e. The van der Waals surface area contributed by atoms with Gasteiger partial charge in [-0.15, -0.1) is 0 Å². The van der Waals surface area contributed by atoms with Crippen molar-refractivity contribution < 1.29 is 13.7 Å². The number of likely N-dealkylation sites (N-methyl/N-ethyl adjacent to an activating group) is 1. The maximum absolute atomic E-state index is 14.0. The number of nitrogens with zero attached hydrogens (tertiary/aromatic N) is 4. The van der Waals surface area contributed by atoms with Crippen LogP contribution in [-0.4, -0.2) is 61.1 Å². The lowest BCUT2D eigenvalue weighted by Crippen LogP contribution is -2.49. The molecule has 3 N–H and O–H groups in total. The van der Waals surface area contributed by atoms with Gasteiger partial charge in [0.1, 0.15) is 29.2 Å². The number of hydrogen-bond donors (Lipinski definition) is 2. The van der Waals surface area contributed by atoms with Gasteiger partial charge in [-0.3, -0.25) is 4.79 Å². The van der Waals surface area contributed by atoms with Crippen LogP contribution in [0.5, 0.6) is 5.75 Å². The molecule has 2 unspecified atom stereocenters. The number of carbonyl (C=O) groups is 1. The Morgan fingerprint density at radius 2 is 1.85 bits per heavy atom. The first-order chi connectivity index (χ1) is 22.5. The van der Waals surface area contributed by atoms with E-state index in [9.17, 15) is 9.00 Å². The zero-order valence-electron chi connectivity index (χ0n) is 28.4. The van der Waals surface area contributed by atoms with Gasteiger partial charge < -0.3 is 20.7 Å². The summed E-state index contributed by atoms with van der Waals surface area (Å²) in [4.78, 5) is 24.4. The van der Waals surface area contributed by atoms with Gasteiger partial charge in [-0.2, -0.15) is 0 Å². The summed E-state index contributed by atoms with van der Waals surface area (Å²) in [6.45, 7) is 14.2. The number of nitrogens with one attached hydrogen (secondary N) is 1. The normalized spacial score (nSPS) is 17.3. The molecule has 1 aromatic heterocycles. The van der Waals surface area contributed by atoms with E-state index >= 15 is 0 Å². The standard InChI is InChI=1S/C37H46N6O3S/c1-8-29-22-43(47(45)33-13-11-10-12-32(33)46-29)21-27-18-26(15-14-24(27)3)34(30-16-17-31(41-9-2)35(38)25(30)4)37(5,6)42(7)36(44)28-19-39-23-40-20-28/h10-20,23,29,34,41H,8-9,21-22,38H2,1-7H3/t29-,34?,47?/m1/s1. The number of aromatic nitrogens is 2. The molecule has 1 aliphatic heterocycles.